The topological polar surface area (TPSA) is 231 Å². The van der Waals surface area contributed by atoms with E-state index in [9.17, 15) is 38.7 Å². The normalized spacial score (nSPS) is 16.6. The monoisotopic (exact) mass is 644 g/mol. The standard InChI is InChI=1S/C30H37ClN6O8/c31-16-25(39)34-22(15-26(40)41)30(45)37-12-4-3-7-23(37)29(44)36-21(28(43)35-20(27(33)42)10-11-24(32)38)14-17-8-9-18-5-1-2-6-19(18)13-17/h1-2,5-6,8-9,13,20-23H,3-4,7,10-12,14-16H2,(H2,32,38)(H2,33,42)(H,34,39)(H,35,43)(H,36,44)(H,40,41). The van der Waals surface area contributed by atoms with Gasteiger partial charge in [-0.3, -0.25) is 33.6 Å². The number of aliphatic carboxylic acids is 1. The van der Waals surface area contributed by atoms with Crippen LogP contribution in [0.25, 0.3) is 10.8 Å². The van der Waals surface area contributed by atoms with Gasteiger partial charge in [-0.15, -0.1) is 11.6 Å². The fraction of sp³-hybridized carbons (Fsp3) is 0.433. The summed E-state index contributed by atoms with van der Waals surface area (Å²) in [6.07, 6.45) is 0.228. The zero-order chi connectivity index (χ0) is 33.1. The van der Waals surface area contributed by atoms with E-state index in [0.717, 1.165) is 10.8 Å². The molecule has 0 bridgehead atoms. The van der Waals surface area contributed by atoms with E-state index in [4.69, 9.17) is 23.1 Å². The third kappa shape index (κ3) is 10.2. The van der Waals surface area contributed by atoms with E-state index in [1.165, 1.54) is 4.90 Å². The summed E-state index contributed by atoms with van der Waals surface area (Å²) < 4.78 is 0. The number of hydrogen-bond donors (Lipinski definition) is 6. The molecule has 45 heavy (non-hydrogen) atoms. The molecule has 4 atom stereocenters. The molecule has 1 saturated heterocycles. The minimum atomic E-state index is -1.46. The maximum atomic E-state index is 13.7. The van der Waals surface area contributed by atoms with E-state index in [1.54, 1.807) is 6.07 Å². The molecule has 1 aliphatic rings. The number of amides is 6. The minimum Gasteiger partial charge on any atom is -0.481 e. The van der Waals surface area contributed by atoms with Gasteiger partial charge in [-0.05, 0) is 42.0 Å². The van der Waals surface area contributed by atoms with Crippen molar-refractivity contribution in [2.45, 2.75) is 69.1 Å². The van der Waals surface area contributed by atoms with E-state index in [-0.39, 0.29) is 32.2 Å². The minimum absolute atomic E-state index is 0.00219. The first kappa shape index (κ1) is 34.8. The molecule has 0 radical (unpaired) electrons. The Kier molecular flexibility index (Phi) is 12.7. The molecule has 15 heteroatoms. The zero-order valence-electron chi connectivity index (χ0n) is 24.5. The summed E-state index contributed by atoms with van der Waals surface area (Å²) in [5.41, 5.74) is 11.3. The quantitative estimate of drug-likeness (QED) is 0.140. The van der Waals surface area contributed by atoms with Crippen LogP contribution in [0, 0.1) is 0 Å². The number of fused-ring (bicyclic) bond motifs is 1. The third-order valence-corrected chi connectivity index (χ3v) is 7.69. The lowest BCUT2D eigenvalue weighted by atomic mass is 9.97. The molecule has 4 unspecified atom stereocenters. The van der Waals surface area contributed by atoms with Crippen LogP contribution in [0.4, 0.5) is 0 Å². The van der Waals surface area contributed by atoms with Crippen LogP contribution in [0.5, 0.6) is 0 Å². The predicted octanol–water partition coefficient (Wildman–Crippen LogP) is -0.318. The van der Waals surface area contributed by atoms with Crippen molar-refractivity contribution in [2.24, 2.45) is 11.5 Å². The highest BCUT2D eigenvalue weighted by Gasteiger charge is 2.38. The lowest BCUT2D eigenvalue weighted by Crippen LogP contribution is -2.60. The number of piperidine rings is 1. The summed E-state index contributed by atoms with van der Waals surface area (Å²) in [5, 5.41) is 18.7. The number of alkyl halides is 1. The van der Waals surface area contributed by atoms with Gasteiger partial charge in [-0.1, -0.05) is 42.5 Å². The predicted molar refractivity (Wildman–Crippen MR) is 163 cm³/mol. The van der Waals surface area contributed by atoms with Gasteiger partial charge in [0.1, 0.15) is 30.0 Å². The lowest BCUT2D eigenvalue weighted by Gasteiger charge is -2.37. The van der Waals surface area contributed by atoms with Crippen molar-refractivity contribution in [1.82, 2.24) is 20.9 Å². The number of nitrogens with two attached hydrogens (primary N) is 2. The number of halogens is 1. The number of carbonyl (C=O) groups excluding carboxylic acids is 6. The number of carbonyl (C=O) groups is 7. The van der Waals surface area contributed by atoms with Crippen LogP contribution in [0.1, 0.15) is 44.1 Å². The molecule has 2 aromatic rings. The Bertz CT molecular complexity index is 1450. The van der Waals surface area contributed by atoms with Gasteiger partial charge in [0, 0.05) is 19.4 Å². The summed E-state index contributed by atoms with van der Waals surface area (Å²) in [6.45, 7) is 0.113. The number of nitrogens with one attached hydrogen (secondary N) is 3. The van der Waals surface area contributed by atoms with E-state index < -0.39 is 77.9 Å². The Labute approximate surface area is 264 Å². The van der Waals surface area contributed by atoms with Crippen LogP contribution in [0.15, 0.2) is 42.5 Å². The summed E-state index contributed by atoms with van der Waals surface area (Å²) in [4.78, 5) is 88.6. The molecule has 0 spiro atoms. The van der Waals surface area contributed by atoms with Gasteiger partial charge in [-0.25, -0.2) is 0 Å². The summed E-state index contributed by atoms with van der Waals surface area (Å²) >= 11 is 5.54. The van der Waals surface area contributed by atoms with Crippen molar-refractivity contribution >= 4 is 63.8 Å². The number of hydrogen-bond acceptors (Lipinski definition) is 7. The molecule has 1 fully saturated rings. The highest BCUT2D eigenvalue weighted by molar-refractivity contribution is 6.27. The summed E-state index contributed by atoms with van der Waals surface area (Å²) in [6, 6.07) is 8.04. The molecule has 6 amide bonds. The summed E-state index contributed by atoms with van der Waals surface area (Å²) in [7, 11) is 0. The smallest absolute Gasteiger partial charge is 0.305 e. The average molecular weight is 645 g/mol. The Hall–Kier alpha value is -4.72. The summed E-state index contributed by atoms with van der Waals surface area (Å²) in [5.74, 6) is -6.38. The molecule has 1 aliphatic heterocycles. The molecule has 0 saturated carbocycles. The van der Waals surface area contributed by atoms with Gasteiger partial charge >= 0.3 is 5.97 Å². The van der Waals surface area contributed by atoms with Crippen LogP contribution in [0.2, 0.25) is 0 Å². The first-order valence-electron chi connectivity index (χ1n) is 14.4. The molecule has 0 aliphatic carbocycles. The van der Waals surface area contributed by atoms with Crippen molar-refractivity contribution in [2.75, 3.05) is 12.4 Å². The molecular formula is C30H37ClN6O8. The Morgan fingerprint density at radius 1 is 0.911 bits per heavy atom. The van der Waals surface area contributed by atoms with Crippen LogP contribution < -0.4 is 27.4 Å². The molecule has 2 aromatic carbocycles. The highest BCUT2D eigenvalue weighted by Crippen LogP contribution is 2.21. The second kappa shape index (κ2) is 16.4. The van der Waals surface area contributed by atoms with Crippen LogP contribution in [0.3, 0.4) is 0 Å². The van der Waals surface area contributed by atoms with Gasteiger partial charge in [0.15, 0.2) is 0 Å². The zero-order valence-corrected chi connectivity index (χ0v) is 25.3. The fourth-order valence-corrected chi connectivity index (χ4v) is 5.28. The van der Waals surface area contributed by atoms with Gasteiger partial charge in [0.05, 0.1) is 6.42 Å². The second-order valence-corrected chi connectivity index (χ2v) is 11.1. The van der Waals surface area contributed by atoms with Gasteiger partial charge in [-0.2, -0.15) is 0 Å². The average Bonchev–Trinajstić information content (AvgIpc) is 3.01. The largest absolute Gasteiger partial charge is 0.481 e. The van der Waals surface area contributed by atoms with E-state index in [0.29, 0.717) is 18.4 Å². The van der Waals surface area contributed by atoms with Crippen molar-refractivity contribution < 1.29 is 38.7 Å². The van der Waals surface area contributed by atoms with Crippen LogP contribution >= 0.6 is 11.6 Å². The number of nitrogens with zero attached hydrogens (tertiary/aromatic N) is 1. The van der Waals surface area contributed by atoms with Crippen LogP contribution in [-0.4, -0.2) is 88.0 Å². The van der Waals surface area contributed by atoms with Crippen molar-refractivity contribution in [3.8, 4) is 0 Å². The molecular weight excluding hydrogens is 608 g/mol. The maximum absolute atomic E-state index is 13.7. The molecule has 1 heterocycles. The number of carboxylic acid groups (broad SMARTS) is 1. The highest BCUT2D eigenvalue weighted by atomic mass is 35.5. The van der Waals surface area contributed by atoms with E-state index in [1.807, 2.05) is 36.4 Å². The lowest BCUT2D eigenvalue weighted by molar-refractivity contribution is -0.148. The van der Waals surface area contributed by atoms with Gasteiger partial charge < -0.3 is 37.4 Å². The second-order valence-electron chi connectivity index (χ2n) is 10.8. The van der Waals surface area contributed by atoms with Gasteiger partial charge in [0.2, 0.25) is 35.4 Å². The van der Waals surface area contributed by atoms with Gasteiger partial charge in [0.25, 0.3) is 0 Å². The molecule has 14 nitrogen and oxygen atoms in total. The fourth-order valence-electron chi connectivity index (χ4n) is 5.20. The Balaban J connectivity index is 1.88. The van der Waals surface area contributed by atoms with Crippen LogP contribution in [-0.2, 0) is 40.0 Å². The van der Waals surface area contributed by atoms with E-state index >= 15 is 0 Å². The molecule has 0 aromatic heterocycles. The number of carboxylic acids is 1. The Morgan fingerprint density at radius 2 is 1.62 bits per heavy atom. The third-order valence-electron chi connectivity index (χ3n) is 7.45. The van der Waals surface area contributed by atoms with Crippen molar-refractivity contribution in [1.29, 1.82) is 0 Å². The van der Waals surface area contributed by atoms with Crippen molar-refractivity contribution in [3.05, 3.63) is 48.0 Å². The maximum Gasteiger partial charge on any atom is 0.305 e. The number of rotatable bonds is 15. The first-order chi connectivity index (χ1) is 21.4. The number of primary amides is 2. The van der Waals surface area contributed by atoms with E-state index in [2.05, 4.69) is 16.0 Å². The Morgan fingerprint density at radius 3 is 2.27 bits per heavy atom. The van der Waals surface area contributed by atoms with Crippen molar-refractivity contribution in [3.63, 3.8) is 0 Å². The number of benzene rings is 2. The molecule has 242 valence electrons. The molecule has 3 rings (SSSR count). The SMILES string of the molecule is NC(=O)CCC(NC(=O)C(Cc1ccc2ccccc2c1)NC(=O)C1CCCCN1C(=O)C(CC(=O)O)NC(=O)CCl)C(N)=O. The number of likely N-dealkylation sites (tertiary alicyclic amines) is 1. The molecule has 8 N–H and O–H groups in total. The first-order valence-corrected chi connectivity index (χ1v) is 15.0.